The zero-order valence-electron chi connectivity index (χ0n) is 40.8. The molecular weight excluding hydrogens is 945 g/mol. The molecule has 5 aromatic heterocycles. The molecule has 0 aromatic carbocycles. The molecule has 4 aliphatic rings. The number of ketones is 1. The molecule has 9 rings (SSSR count). The van der Waals surface area contributed by atoms with Crippen molar-refractivity contribution in [2.45, 2.75) is 83.5 Å². The summed E-state index contributed by atoms with van der Waals surface area (Å²) in [5.74, 6) is 2.31. The van der Waals surface area contributed by atoms with Gasteiger partial charge in [-0.2, -0.15) is 38.8 Å². The fraction of sp³-hybridized carbons (Fsp3) is 0.500. The van der Waals surface area contributed by atoms with Crippen LogP contribution in [0.3, 0.4) is 0 Å². The van der Waals surface area contributed by atoms with Gasteiger partial charge in [-0.3, -0.25) is 22.6 Å². The smallest absolute Gasteiger partial charge is 0.319 e. The number of Topliss-reactive ketones (excluding diaryl/α,β-unsaturated/α-hetero) is 1. The van der Waals surface area contributed by atoms with Gasteiger partial charge < -0.3 is 24.3 Å². The molecule has 3 aliphatic carbocycles. The predicted octanol–water partition coefficient (Wildman–Crippen LogP) is 6.13. The molecule has 6 atom stereocenters. The molecule has 6 heterocycles. The summed E-state index contributed by atoms with van der Waals surface area (Å²) in [6.07, 6.45) is 10.3. The molecule has 1 amide bonds. The van der Waals surface area contributed by atoms with Crippen LogP contribution < -0.4 is 24.3 Å². The highest BCUT2D eigenvalue weighted by Gasteiger charge is 2.41. The third kappa shape index (κ3) is 13.2. The van der Waals surface area contributed by atoms with Gasteiger partial charge >= 0.3 is 12.0 Å². The summed E-state index contributed by atoms with van der Waals surface area (Å²) in [7, 11) is 2.64. The normalized spacial score (nSPS) is 20.8. The first kappa shape index (κ1) is 52.1. The maximum atomic E-state index is 12.5. The Kier molecular flexibility index (Phi) is 16.9. The molecule has 0 radical (unpaired) electrons. The first-order valence-corrected chi connectivity index (χ1v) is 24.8. The van der Waals surface area contributed by atoms with Crippen molar-refractivity contribution in [3.8, 4) is 46.3 Å². The van der Waals surface area contributed by atoms with E-state index in [1.54, 1.807) is 12.4 Å². The van der Waals surface area contributed by atoms with Crippen LogP contribution in [0, 0.1) is 38.5 Å². The van der Waals surface area contributed by atoms with Gasteiger partial charge in [0.2, 0.25) is 17.7 Å². The number of amides is 1. The lowest BCUT2D eigenvalue weighted by Crippen LogP contribution is -2.27. The topological polar surface area (TPSA) is 255 Å². The van der Waals surface area contributed by atoms with E-state index < -0.39 is 10.1 Å². The predicted molar refractivity (Wildman–Crippen MR) is 253 cm³/mol. The Hall–Kier alpha value is -6.75. The van der Waals surface area contributed by atoms with E-state index in [-0.39, 0.29) is 50.1 Å². The first-order valence-electron chi connectivity index (χ1n) is 23.0. The zero-order chi connectivity index (χ0) is 51.0. The van der Waals surface area contributed by atoms with Gasteiger partial charge in [-0.15, -0.1) is 10.2 Å². The van der Waals surface area contributed by atoms with Gasteiger partial charge in [0, 0.05) is 18.6 Å². The Morgan fingerprint density at radius 2 is 1.04 bits per heavy atom. The van der Waals surface area contributed by atoms with Gasteiger partial charge in [0.05, 0.1) is 101 Å². The van der Waals surface area contributed by atoms with Gasteiger partial charge in [-0.25, -0.2) is 9.97 Å². The van der Waals surface area contributed by atoms with E-state index in [0.717, 1.165) is 59.3 Å². The number of hydrogen-bond donors (Lipinski definition) is 1. The number of hydrogen-bond acceptors (Lipinski definition) is 19. The van der Waals surface area contributed by atoms with Crippen LogP contribution in [-0.4, -0.2) is 125 Å². The molecule has 0 bridgehead atoms. The average molecular weight is 1000 g/mol. The second-order valence-corrected chi connectivity index (χ2v) is 19.3. The fourth-order valence-electron chi connectivity index (χ4n) is 8.70. The maximum Gasteiger partial charge on any atom is 0.319 e. The molecule has 23 heteroatoms. The average Bonchev–Trinajstić information content (AvgIpc) is 4.29. The van der Waals surface area contributed by atoms with Crippen LogP contribution in [0.4, 0.5) is 8.78 Å². The lowest BCUT2D eigenvalue weighted by atomic mass is 9.99. The van der Waals surface area contributed by atoms with E-state index in [1.807, 2.05) is 39.0 Å². The number of ether oxygens (including phenoxy) is 4. The Bertz CT molecular complexity index is 2900. The monoisotopic (exact) mass is 1000 g/mol. The second-order valence-electron chi connectivity index (χ2n) is 17.7. The van der Waals surface area contributed by atoms with Gasteiger partial charge in [-0.1, -0.05) is 0 Å². The van der Waals surface area contributed by atoms with E-state index >= 15 is 0 Å². The highest BCUT2D eigenvalue weighted by molar-refractivity contribution is 7.85. The van der Waals surface area contributed by atoms with E-state index in [2.05, 4.69) is 55.8 Å². The van der Waals surface area contributed by atoms with Gasteiger partial charge in [0.25, 0.3) is 10.1 Å². The van der Waals surface area contributed by atoms with Gasteiger partial charge in [0.1, 0.15) is 11.4 Å². The molecule has 6 unspecified atom stereocenters. The minimum absolute atomic E-state index is 0.162. The summed E-state index contributed by atoms with van der Waals surface area (Å²) >= 11 is 0. The fourth-order valence-corrected chi connectivity index (χ4v) is 9.10. The van der Waals surface area contributed by atoms with Crippen molar-refractivity contribution in [2.24, 2.45) is 17.8 Å². The van der Waals surface area contributed by atoms with Crippen LogP contribution in [0.2, 0.25) is 0 Å². The largest absolute Gasteiger partial charge is 0.480 e. The van der Waals surface area contributed by atoms with Gasteiger partial charge in [0.15, 0.2) is 5.78 Å². The number of rotatable bonds is 18. The van der Waals surface area contributed by atoms with Crippen LogP contribution in [0.25, 0.3) is 28.1 Å². The summed E-state index contributed by atoms with van der Waals surface area (Å²) in [5, 5.41) is 27.7. The van der Waals surface area contributed by atoms with Crippen molar-refractivity contribution in [3.63, 3.8) is 0 Å². The number of nitrogens with zero attached hydrogens (tertiary/aromatic N) is 10. The quantitative estimate of drug-likeness (QED) is 0.0765. The first-order chi connectivity index (χ1) is 34.1. The van der Waals surface area contributed by atoms with Crippen molar-refractivity contribution in [2.75, 3.05) is 54.7 Å². The summed E-state index contributed by atoms with van der Waals surface area (Å²) < 4.78 is 72.6. The maximum absolute atomic E-state index is 12.5. The minimum atomic E-state index is -3.40. The summed E-state index contributed by atoms with van der Waals surface area (Å²) in [6, 6.07) is 6.25. The van der Waals surface area contributed by atoms with Crippen molar-refractivity contribution in [1.29, 1.82) is 0 Å². The summed E-state index contributed by atoms with van der Waals surface area (Å²) in [6.45, 7) is 5.34. The van der Waals surface area contributed by atoms with Crippen molar-refractivity contribution in [3.05, 3.63) is 76.3 Å². The van der Waals surface area contributed by atoms with E-state index in [0.29, 0.717) is 100 Å². The van der Waals surface area contributed by atoms with Crippen LogP contribution in [-0.2, 0) is 23.9 Å². The standard InChI is InChI=1S/C17H22N4O5S.C16H19FN4O2.C15H16FN3O2/c1-10-12(13-7-11(13)5-6-26-27(4,22)23)8-15(21-20-10)14-9-18-17(25-3)19-16(14)24-2;1-9-11(12-6-10(12)4-5-17)7-14(21-20-9)13-8-18-16(23-3)19-15(13)22-2;1-8-10(11-4-9(11)2-3-16)5-13(19-18-8)12-7-17-15(21)6-14(12)20/h8-9,11,13H,5-7H2,1-4H3;7-8,10,12H,4-6H2,1-3H3;5,7,9,11H,2-4,6H2,1H3,(H,17,21). The van der Waals surface area contributed by atoms with Crippen LogP contribution in [0.1, 0.15) is 102 Å². The van der Waals surface area contributed by atoms with Crippen LogP contribution in [0.15, 0.2) is 36.8 Å². The molecule has 71 heavy (non-hydrogen) atoms. The third-order valence-electron chi connectivity index (χ3n) is 12.8. The molecule has 378 valence electrons. The molecule has 20 nitrogen and oxygen atoms in total. The van der Waals surface area contributed by atoms with Crippen molar-refractivity contribution in [1.82, 2.24) is 55.8 Å². The number of nitrogens with one attached hydrogen (secondary N) is 1. The van der Waals surface area contributed by atoms with Crippen LogP contribution >= 0.6 is 0 Å². The number of carbonyl (C=O) groups excluding carboxylic acids is 2. The van der Waals surface area contributed by atoms with E-state index in [4.69, 9.17) is 23.1 Å². The van der Waals surface area contributed by atoms with Crippen molar-refractivity contribution < 1.29 is 49.9 Å². The molecule has 0 saturated heterocycles. The Morgan fingerprint density at radius 1 is 0.620 bits per heavy atom. The molecule has 0 spiro atoms. The third-order valence-corrected chi connectivity index (χ3v) is 13.4. The Labute approximate surface area is 410 Å². The number of aryl methyl sites for hydroxylation is 3. The number of allylic oxidation sites excluding steroid dienone is 1. The molecule has 3 fully saturated rings. The Morgan fingerprint density at radius 3 is 1.44 bits per heavy atom. The second kappa shape index (κ2) is 23.0. The summed E-state index contributed by atoms with van der Waals surface area (Å²) in [5.41, 5.74) is 9.20. The Balaban J connectivity index is 0.000000158. The number of carbonyl (C=O) groups is 2. The highest BCUT2D eigenvalue weighted by Crippen LogP contribution is 2.52. The minimum Gasteiger partial charge on any atom is -0.480 e. The number of aromatic nitrogens is 10. The molecule has 5 aromatic rings. The SMILES string of the molecule is COc1ncc(-c2cc(C3CC3CCF)c(C)nn2)c(OC)n1.COc1ncc(-c2cc(C3CC3CCOS(C)(=O)=O)c(C)nn2)c(OC)n1.Cc1nnc(C2=CNC(=O)CC2=O)cc1C1CC1CCF. The number of alkyl halides is 2. The van der Waals surface area contributed by atoms with E-state index in [9.17, 15) is 26.8 Å². The number of methoxy groups -OCH3 is 4. The highest BCUT2D eigenvalue weighted by atomic mass is 32.2. The molecular formula is C48H57F2N11O9S. The van der Waals surface area contributed by atoms with Crippen LogP contribution in [0.5, 0.6) is 23.8 Å². The zero-order valence-corrected chi connectivity index (χ0v) is 41.6. The number of halogens is 2. The van der Waals surface area contributed by atoms with Crippen molar-refractivity contribution >= 4 is 27.4 Å². The van der Waals surface area contributed by atoms with Gasteiger partial charge in [-0.05, 0) is 130 Å². The summed E-state index contributed by atoms with van der Waals surface area (Å²) in [4.78, 5) is 39.6. The molecule has 1 aliphatic heterocycles. The van der Waals surface area contributed by atoms with E-state index in [1.165, 1.54) is 34.6 Å². The molecule has 3 saturated carbocycles. The molecule has 1 N–H and O–H groups in total. The lowest BCUT2D eigenvalue weighted by molar-refractivity contribution is -0.125. The lowest BCUT2D eigenvalue weighted by Gasteiger charge is -2.13.